The molecule has 5 heteroatoms. The van der Waals surface area contributed by atoms with Gasteiger partial charge in [-0.25, -0.2) is 0 Å². The van der Waals surface area contributed by atoms with Crippen LogP contribution in [0.1, 0.15) is 13.8 Å². The summed E-state index contributed by atoms with van der Waals surface area (Å²) in [6, 6.07) is 0. The van der Waals surface area contributed by atoms with Gasteiger partial charge in [0.25, 0.3) is 0 Å². The standard InChI is InChI=1S/C6H14N2O3/c1-6(2,10)4-8-11-3-5(7)9/h8,10H,3-4H2,1-2H3,(H2,7,9). The van der Waals surface area contributed by atoms with Gasteiger partial charge in [-0.05, 0) is 13.8 Å². The van der Waals surface area contributed by atoms with Crippen LogP contribution in [-0.2, 0) is 9.63 Å². The van der Waals surface area contributed by atoms with Crippen LogP contribution in [0.15, 0.2) is 0 Å². The molecule has 0 aromatic carbocycles. The molecule has 0 spiro atoms. The number of nitrogens with two attached hydrogens (primary N) is 1. The number of amides is 1. The van der Waals surface area contributed by atoms with Crippen LogP contribution in [0.5, 0.6) is 0 Å². The lowest BCUT2D eigenvalue weighted by Gasteiger charge is -2.16. The van der Waals surface area contributed by atoms with Crippen LogP contribution in [0.3, 0.4) is 0 Å². The molecule has 0 fully saturated rings. The Morgan fingerprint density at radius 1 is 1.73 bits per heavy atom. The monoisotopic (exact) mass is 162 g/mol. The van der Waals surface area contributed by atoms with Crippen molar-refractivity contribution in [1.29, 1.82) is 0 Å². The van der Waals surface area contributed by atoms with Gasteiger partial charge in [0, 0.05) is 6.54 Å². The second-order valence-corrected chi connectivity index (χ2v) is 2.89. The minimum atomic E-state index is -0.850. The molecule has 11 heavy (non-hydrogen) atoms. The zero-order valence-electron chi connectivity index (χ0n) is 6.76. The Labute approximate surface area is 65.5 Å². The molecule has 0 saturated heterocycles. The van der Waals surface area contributed by atoms with Crippen molar-refractivity contribution >= 4 is 5.91 Å². The molecule has 1 amide bonds. The maximum atomic E-state index is 10.1. The molecular weight excluding hydrogens is 148 g/mol. The summed E-state index contributed by atoms with van der Waals surface area (Å²) in [6.45, 7) is 3.30. The molecule has 0 aromatic rings. The summed E-state index contributed by atoms with van der Waals surface area (Å²) >= 11 is 0. The fourth-order valence-electron chi connectivity index (χ4n) is 0.350. The number of aliphatic hydroxyl groups is 1. The van der Waals surface area contributed by atoms with E-state index in [2.05, 4.69) is 10.3 Å². The van der Waals surface area contributed by atoms with Crippen LogP contribution in [0.2, 0.25) is 0 Å². The third kappa shape index (κ3) is 9.35. The van der Waals surface area contributed by atoms with E-state index in [1.54, 1.807) is 13.8 Å². The Hall–Kier alpha value is -0.650. The van der Waals surface area contributed by atoms with Crippen LogP contribution in [0, 0.1) is 0 Å². The molecule has 0 aliphatic heterocycles. The van der Waals surface area contributed by atoms with Gasteiger partial charge in [0.05, 0.1) is 5.60 Å². The van der Waals surface area contributed by atoms with E-state index in [1.165, 1.54) is 0 Å². The third-order valence-electron chi connectivity index (χ3n) is 0.821. The van der Waals surface area contributed by atoms with Crippen molar-refractivity contribution in [3.05, 3.63) is 0 Å². The minimum absolute atomic E-state index is 0.184. The Morgan fingerprint density at radius 3 is 2.64 bits per heavy atom. The molecule has 0 bridgehead atoms. The first-order chi connectivity index (χ1) is 4.92. The number of hydrogen-bond donors (Lipinski definition) is 3. The molecule has 0 aromatic heterocycles. The van der Waals surface area contributed by atoms with E-state index in [1.807, 2.05) is 0 Å². The second kappa shape index (κ2) is 4.27. The SMILES string of the molecule is CC(C)(O)CNOCC(N)=O. The molecule has 0 aliphatic rings. The molecule has 66 valence electrons. The van der Waals surface area contributed by atoms with Crippen molar-refractivity contribution in [2.24, 2.45) is 5.73 Å². The Bertz CT molecular complexity index is 130. The number of carbonyl (C=O) groups excluding carboxylic acids is 1. The number of primary amides is 1. The fourth-order valence-corrected chi connectivity index (χ4v) is 0.350. The first-order valence-electron chi connectivity index (χ1n) is 3.27. The highest BCUT2D eigenvalue weighted by molar-refractivity contribution is 5.74. The lowest BCUT2D eigenvalue weighted by atomic mass is 10.1. The van der Waals surface area contributed by atoms with Crippen molar-refractivity contribution in [1.82, 2.24) is 5.48 Å². The number of nitrogens with one attached hydrogen (secondary N) is 1. The Kier molecular flexibility index (Phi) is 4.02. The van der Waals surface area contributed by atoms with Gasteiger partial charge in [0.15, 0.2) is 0 Å². The Balaban J connectivity index is 3.22. The summed E-state index contributed by atoms with van der Waals surface area (Å²) in [5.41, 5.74) is 6.33. The predicted molar refractivity (Wildman–Crippen MR) is 39.4 cm³/mol. The van der Waals surface area contributed by atoms with E-state index in [0.717, 1.165) is 0 Å². The van der Waals surface area contributed by atoms with E-state index in [0.29, 0.717) is 0 Å². The molecule has 0 unspecified atom stereocenters. The van der Waals surface area contributed by atoms with Crippen molar-refractivity contribution in [2.75, 3.05) is 13.2 Å². The molecule has 0 radical (unpaired) electrons. The van der Waals surface area contributed by atoms with Crippen LogP contribution in [-0.4, -0.2) is 29.8 Å². The topological polar surface area (TPSA) is 84.6 Å². The zero-order valence-corrected chi connectivity index (χ0v) is 6.76. The average molecular weight is 162 g/mol. The second-order valence-electron chi connectivity index (χ2n) is 2.89. The first kappa shape index (κ1) is 10.3. The third-order valence-corrected chi connectivity index (χ3v) is 0.821. The zero-order chi connectivity index (χ0) is 8.91. The molecular formula is C6H14N2O3. The molecule has 0 rings (SSSR count). The number of hydrogen-bond acceptors (Lipinski definition) is 4. The maximum absolute atomic E-state index is 10.1. The van der Waals surface area contributed by atoms with E-state index in [9.17, 15) is 4.79 Å². The van der Waals surface area contributed by atoms with Gasteiger partial charge < -0.3 is 10.8 Å². The molecule has 0 atom stereocenters. The van der Waals surface area contributed by atoms with Gasteiger partial charge in [-0.15, -0.1) is 0 Å². The van der Waals surface area contributed by atoms with Gasteiger partial charge in [0.2, 0.25) is 5.91 Å². The maximum Gasteiger partial charge on any atom is 0.245 e. The number of carbonyl (C=O) groups is 1. The molecule has 0 aliphatic carbocycles. The summed E-state index contributed by atoms with van der Waals surface area (Å²) in [6.07, 6.45) is 0. The highest BCUT2D eigenvalue weighted by Gasteiger charge is 2.11. The normalized spacial score (nSPS) is 11.5. The van der Waals surface area contributed by atoms with Gasteiger partial charge in [-0.1, -0.05) is 0 Å². The number of hydroxylamine groups is 1. The smallest absolute Gasteiger partial charge is 0.245 e. The summed E-state index contributed by atoms with van der Waals surface area (Å²) < 4.78 is 0. The van der Waals surface area contributed by atoms with E-state index < -0.39 is 11.5 Å². The number of rotatable bonds is 5. The van der Waals surface area contributed by atoms with Crippen LogP contribution >= 0.6 is 0 Å². The van der Waals surface area contributed by atoms with Crippen LogP contribution in [0.4, 0.5) is 0 Å². The quantitative estimate of drug-likeness (QED) is 0.349. The molecule has 0 saturated carbocycles. The molecule has 4 N–H and O–H groups in total. The first-order valence-corrected chi connectivity index (χ1v) is 3.27. The van der Waals surface area contributed by atoms with Crippen molar-refractivity contribution < 1.29 is 14.7 Å². The fraction of sp³-hybridized carbons (Fsp3) is 0.833. The minimum Gasteiger partial charge on any atom is -0.389 e. The van der Waals surface area contributed by atoms with E-state index >= 15 is 0 Å². The van der Waals surface area contributed by atoms with Crippen molar-refractivity contribution in [3.8, 4) is 0 Å². The van der Waals surface area contributed by atoms with E-state index in [-0.39, 0.29) is 13.2 Å². The van der Waals surface area contributed by atoms with Crippen molar-refractivity contribution in [2.45, 2.75) is 19.4 Å². The lowest BCUT2D eigenvalue weighted by Crippen LogP contribution is -2.36. The Morgan fingerprint density at radius 2 is 2.27 bits per heavy atom. The van der Waals surface area contributed by atoms with Crippen LogP contribution < -0.4 is 11.2 Å². The molecule has 0 heterocycles. The summed E-state index contributed by atoms with van der Waals surface area (Å²) in [5, 5.41) is 9.12. The lowest BCUT2D eigenvalue weighted by molar-refractivity contribution is -0.126. The van der Waals surface area contributed by atoms with E-state index in [4.69, 9.17) is 10.8 Å². The van der Waals surface area contributed by atoms with Crippen molar-refractivity contribution in [3.63, 3.8) is 0 Å². The largest absolute Gasteiger partial charge is 0.389 e. The highest BCUT2D eigenvalue weighted by Crippen LogP contribution is 1.96. The van der Waals surface area contributed by atoms with Gasteiger partial charge >= 0.3 is 0 Å². The average Bonchev–Trinajstić information content (AvgIpc) is 1.78. The molecule has 5 nitrogen and oxygen atoms in total. The van der Waals surface area contributed by atoms with Gasteiger partial charge in [-0.2, -0.15) is 5.48 Å². The van der Waals surface area contributed by atoms with Gasteiger partial charge in [-0.3, -0.25) is 9.63 Å². The highest BCUT2D eigenvalue weighted by atomic mass is 16.6. The summed E-state index contributed by atoms with van der Waals surface area (Å²) in [4.78, 5) is 14.7. The predicted octanol–water partition coefficient (Wildman–Crippen LogP) is -1.24. The summed E-state index contributed by atoms with van der Waals surface area (Å²) in [7, 11) is 0. The summed E-state index contributed by atoms with van der Waals surface area (Å²) in [5.74, 6) is -0.548. The van der Waals surface area contributed by atoms with Crippen LogP contribution in [0.25, 0.3) is 0 Å². The van der Waals surface area contributed by atoms with Gasteiger partial charge in [0.1, 0.15) is 6.61 Å².